The Balaban J connectivity index is 3.40. The molecule has 23 N–H and O–H groups in total. The fourth-order valence-corrected chi connectivity index (χ4v) is 8.00. The largest absolute Gasteiger partial charge is 0.481 e. The Hall–Kier alpha value is -7.41. The van der Waals surface area contributed by atoms with Crippen LogP contribution in [0.1, 0.15) is 118 Å². The van der Waals surface area contributed by atoms with Crippen molar-refractivity contribution in [2.45, 2.75) is 172 Å². The molecule has 0 bridgehead atoms. The van der Waals surface area contributed by atoms with E-state index in [0.717, 1.165) is 0 Å². The van der Waals surface area contributed by atoms with Gasteiger partial charge >= 0.3 is 17.9 Å². The first kappa shape index (κ1) is 68.6. The molecule has 78 heavy (non-hydrogen) atoms. The number of nitrogens with zero attached hydrogens (tertiary/aromatic N) is 3. The molecule has 1 aliphatic heterocycles. The van der Waals surface area contributed by atoms with Gasteiger partial charge in [-0.1, -0.05) is 34.1 Å². The molecular formula is C47H84N16O15. The third kappa shape index (κ3) is 25.2. The van der Waals surface area contributed by atoms with Crippen molar-refractivity contribution in [1.82, 2.24) is 42.1 Å². The summed E-state index contributed by atoms with van der Waals surface area (Å²) in [4.78, 5) is 154. The molecule has 0 aliphatic carbocycles. The summed E-state index contributed by atoms with van der Waals surface area (Å²) in [6.07, 6.45) is -0.510. The molecule has 1 heterocycles. The van der Waals surface area contributed by atoms with Gasteiger partial charge in [-0.15, -0.1) is 0 Å². The van der Waals surface area contributed by atoms with Crippen molar-refractivity contribution in [3.63, 3.8) is 0 Å². The molecule has 1 rings (SSSR count). The first-order valence-corrected chi connectivity index (χ1v) is 26.0. The second-order valence-electron chi connectivity index (χ2n) is 19.3. The molecule has 8 amide bonds. The maximum absolute atomic E-state index is 14.1. The van der Waals surface area contributed by atoms with Crippen LogP contribution < -0.4 is 71.6 Å². The van der Waals surface area contributed by atoms with Crippen LogP contribution in [-0.2, 0) is 52.7 Å². The van der Waals surface area contributed by atoms with Crippen LogP contribution in [0.4, 0.5) is 0 Å². The summed E-state index contributed by atoms with van der Waals surface area (Å²) >= 11 is 0. The zero-order valence-corrected chi connectivity index (χ0v) is 44.9. The number of aliphatic hydroxyl groups excluding tert-OH is 1. The number of aliphatic hydroxyl groups is 1. The van der Waals surface area contributed by atoms with Crippen molar-refractivity contribution >= 4 is 77.1 Å². The first-order chi connectivity index (χ1) is 36.7. The standard InChI is InChI=1S/C47H84N16O15/c1-5-25(4)36(62-37(69)26(49)11-8-20-54-46(50)51)44(76)63-22-10-14-32(63)42(74)61-35(24(2)3)43(75)60-31(23-64)41(73)56-27(13-9-21-55-47(52)53)38(70)57-28(15-17-33(65)66)39(71)58-29(16-18-34(67)68)40(72)59-30(45(77)78)12-6-7-19-48/h24-32,35-36,64H,5-23,48-49H2,1-4H3,(H,56,73)(H,57,70)(H,58,71)(H,59,72)(H,60,75)(H,61,74)(H,62,69)(H,65,66)(H,67,68)(H,77,78)(H4,50,51,54)(H4,52,53,55)/t25-,26-,27-,28-,29-,30-,31-,32-,35-,36-/m0/s1. The predicted octanol–water partition coefficient (Wildman–Crippen LogP) is -5.56. The Labute approximate surface area is 452 Å². The van der Waals surface area contributed by atoms with Crippen molar-refractivity contribution in [2.24, 2.45) is 56.2 Å². The fraction of sp³-hybridized carbons (Fsp3) is 0.723. The number of rotatable bonds is 38. The van der Waals surface area contributed by atoms with Gasteiger partial charge in [-0.25, -0.2) is 4.79 Å². The van der Waals surface area contributed by atoms with Gasteiger partial charge in [-0.05, 0) is 89.0 Å². The SMILES string of the molecule is CC[C@H](C)[C@H](NC(=O)[C@@H](N)CCCN=C(N)N)C(=O)N1CCC[C@H]1C(=O)N[C@H](C(=O)N[C@@H](CO)C(=O)N[C@@H](CCCN=C(N)N)C(=O)N[C@@H](CCC(=O)O)C(=O)N[C@@H](CCC(=O)O)C(=O)N[C@@H](CCCCN)C(=O)O)C(C)C. The number of nitrogens with two attached hydrogens (primary N) is 6. The van der Waals surface area contributed by atoms with Crippen LogP contribution in [0.15, 0.2) is 9.98 Å². The summed E-state index contributed by atoms with van der Waals surface area (Å²) in [6.45, 7) is 6.23. The molecule has 31 nitrogen and oxygen atoms in total. The van der Waals surface area contributed by atoms with Crippen LogP contribution in [0.5, 0.6) is 0 Å². The normalized spacial score (nSPS) is 16.5. The van der Waals surface area contributed by atoms with Crippen molar-refractivity contribution in [3.8, 4) is 0 Å². The van der Waals surface area contributed by atoms with Gasteiger partial charge in [0.25, 0.3) is 0 Å². The van der Waals surface area contributed by atoms with Crippen LogP contribution in [0.2, 0.25) is 0 Å². The molecule has 0 aromatic heterocycles. The van der Waals surface area contributed by atoms with E-state index in [1.54, 1.807) is 20.8 Å². The number of amides is 8. The molecule has 0 aromatic carbocycles. The molecule has 0 aromatic rings. The third-order valence-corrected chi connectivity index (χ3v) is 12.7. The molecule has 31 heteroatoms. The topological polar surface area (TPSA) is 537 Å². The maximum atomic E-state index is 14.1. The minimum absolute atomic E-state index is 0.00612. The maximum Gasteiger partial charge on any atom is 0.326 e. The molecule has 442 valence electrons. The lowest BCUT2D eigenvalue weighted by molar-refractivity contribution is -0.143. The molecule has 1 fully saturated rings. The Kier molecular flexibility index (Phi) is 31.5. The number of carbonyl (C=O) groups excluding carboxylic acids is 8. The Morgan fingerprint density at radius 3 is 1.49 bits per heavy atom. The molecule has 0 radical (unpaired) electrons. The van der Waals surface area contributed by atoms with E-state index >= 15 is 0 Å². The van der Waals surface area contributed by atoms with E-state index in [1.807, 2.05) is 6.92 Å². The van der Waals surface area contributed by atoms with Gasteiger partial charge in [-0.3, -0.25) is 57.9 Å². The number of carbonyl (C=O) groups is 11. The Bertz CT molecular complexity index is 2110. The van der Waals surface area contributed by atoms with Crippen LogP contribution in [0.3, 0.4) is 0 Å². The number of likely N-dealkylation sites (tertiary alicyclic amines) is 1. The van der Waals surface area contributed by atoms with Gasteiger partial charge in [0.15, 0.2) is 11.9 Å². The number of aliphatic carboxylic acids is 3. The summed E-state index contributed by atoms with van der Waals surface area (Å²) in [5, 5.41) is 55.9. The molecular weight excluding hydrogens is 1030 g/mol. The summed E-state index contributed by atoms with van der Waals surface area (Å²) in [7, 11) is 0. The molecule has 0 spiro atoms. The van der Waals surface area contributed by atoms with Crippen LogP contribution >= 0.6 is 0 Å². The van der Waals surface area contributed by atoms with Crippen LogP contribution in [0, 0.1) is 11.8 Å². The number of guanidine groups is 2. The number of unbranched alkanes of at least 4 members (excludes halogenated alkanes) is 1. The van der Waals surface area contributed by atoms with E-state index in [9.17, 15) is 73.2 Å². The van der Waals surface area contributed by atoms with Gasteiger partial charge in [0.05, 0.1) is 12.6 Å². The highest BCUT2D eigenvalue weighted by molar-refractivity contribution is 5.98. The number of aliphatic imine (C=N–C) groups is 2. The minimum Gasteiger partial charge on any atom is -0.481 e. The third-order valence-electron chi connectivity index (χ3n) is 12.7. The number of hydrogen-bond acceptors (Lipinski definition) is 16. The van der Waals surface area contributed by atoms with Crippen molar-refractivity contribution in [1.29, 1.82) is 0 Å². The van der Waals surface area contributed by atoms with E-state index in [0.29, 0.717) is 32.1 Å². The average molecular weight is 1110 g/mol. The van der Waals surface area contributed by atoms with Gasteiger partial charge in [-0.2, -0.15) is 0 Å². The average Bonchev–Trinajstić information content (AvgIpc) is 3.87. The van der Waals surface area contributed by atoms with E-state index in [2.05, 4.69) is 47.2 Å². The minimum atomic E-state index is -1.78. The molecule has 1 aliphatic rings. The van der Waals surface area contributed by atoms with Crippen molar-refractivity contribution < 1.29 is 73.2 Å². The van der Waals surface area contributed by atoms with Crippen LogP contribution in [0.25, 0.3) is 0 Å². The lowest BCUT2D eigenvalue weighted by Crippen LogP contribution is -2.61. The van der Waals surface area contributed by atoms with Crippen molar-refractivity contribution in [2.75, 3.05) is 32.8 Å². The van der Waals surface area contributed by atoms with E-state index in [4.69, 9.17) is 34.4 Å². The number of carboxylic acids is 3. The number of carboxylic acid groups (broad SMARTS) is 3. The van der Waals surface area contributed by atoms with Gasteiger partial charge < -0.3 is 96.9 Å². The monoisotopic (exact) mass is 1110 g/mol. The zero-order valence-electron chi connectivity index (χ0n) is 44.9. The quantitative estimate of drug-likeness (QED) is 0.0156. The van der Waals surface area contributed by atoms with Gasteiger partial charge in [0, 0.05) is 32.5 Å². The Morgan fingerprint density at radius 1 is 0.577 bits per heavy atom. The zero-order chi connectivity index (χ0) is 59.2. The van der Waals surface area contributed by atoms with E-state index < -0.39 is 158 Å². The Morgan fingerprint density at radius 2 is 1.04 bits per heavy atom. The fourth-order valence-electron chi connectivity index (χ4n) is 8.00. The molecule has 0 saturated carbocycles. The van der Waals surface area contributed by atoms with Gasteiger partial charge in [0.1, 0.15) is 48.3 Å². The number of hydrogen-bond donors (Lipinski definition) is 17. The van der Waals surface area contributed by atoms with Gasteiger partial charge in [0.2, 0.25) is 47.3 Å². The first-order valence-electron chi connectivity index (χ1n) is 26.0. The summed E-state index contributed by atoms with van der Waals surface area (Å²) in [5.74, 6) is -13.0. The summed E-state index contributed by atoms with van der Waals surface area (Å²) < 4.78 is 0. The highest BCUT2D eigenvalue weighted by Gasteiger charge is 2.41. The molecule has 1 saturated heterocycles. The number of nitrogens with one attached hydrogen (secondary N) is 7. The highest BCUT2D eigenvalue weighted by atomic mass is 16.4. The lowest BCUT2D eigenvalue weighted by Gasteiger charge is -2.33. The van der Waals surface area contributed by atoms with E-state index in [1.165, 1.54) is 4.90 Å². The summed E-state index contributed by atoms with van der Waals surface area (Å²) in [6, 6.07) is -12.8. The smallest absolute Gasteiger partial charge is 0.326 e. The predicted molar refractivity (Wildman–Crippen MR) is 282 cm³/mol. The second kappa shape index (κ2) is 35.8. The second-order valence-corrected chi connectivity index (χ2v) is 19.3. The van der Waals surface area contributed by atoms with Crippen molar-refractivity contribution in [3.05, 3.63) is 0 Å². The lowest BCUT2D eigenvalue weighted by atomic mass is 9.96. The molecule has 0 unspecified atom stereocenters. The van der Waals surface area contributed by atoms with E-state index in [-0.39, 0.29) is 76.1 Å². The molecule has 10 atom stereocenters. The van der Waals surface area contributed by atoms with Crippen LogP contribution in [-0.4, -0.2) is 190 Å². The summed E-state index contributed by atoms with van der Waals surface area (Å²) in [5.41, 5.74) is 33.2. The highest BCUT2D eigenvalue weighted by Crippen LogP contribution is 2.22.